The zero-order chi connectivity index (χ0) is 26.8. The molecule has 2 atom stereocenters. The van der Waals surface area contributed by atoms with Crippen LogP contribution < -0.4 is 10.1 Å². The summed E-state index contributed by atoms with van der Waals surface area (Å²) in [7, 11) is 0. The number of rotatable bonds is 5. The van der Waals surface area contributed by atoms with Crippen molar-refractivity contribution in [2.24, 2.45) is 4.99 Å². The predicted octanol–water partition coefficient (Wildman–Crippen LogP) is 4.08. The van der Waals surface area contributed by atoms with Crippen molar-refractivity contribution in [1.82, 2.24) is 20.3 Å². The number of benzene rings is 2. The molecule has 3 aromatic rings. The number of ether oxygens (including phenoxy) is 1. The standard InChI is InChI=1S/C27H25ClN6O4/c1-16(2)38-22-11-17(12-29)3-8-21(22)26-32-24(19-13-31-37-15-19)25(18-4-6-20(28)7-5-18)34(26)27(36)33-10-9-30-23(35)14-33/h3-8,11,13,15-16,24-25H,9-10,14H2,1-2H3,(H,30,35). The Balaban J connectivity index is 1.69. The van der Waals surface area contributed by atoms with Gasteiger partial charge in [-0.1, -0.05) is 28.9 Å². The van der Waals surface area contributed by atoms with Crippen LogP contribution in [0.15, 0.2) is 64.4 Å². The number of urea groups is 1. The molecule has 11 heteroatoms. The lowest BCUT2D eigenvalue weighted by Crippen LogP contribution is -2.55. The van der Waals surface area contributed by atoms with Gasteiger partial charge in [-0.3, -0.25) is 14.7 Å². The van der Waals surface area contributed by atoms with E-state index in [0.717, 1.165) is 5.56 Å². The molecule has 0 aliphatic carbocycles. The first kappa shape index (κ1) is 25.3. The Hall–Kier alpha value is -4.36. The number of hydrogen-bond acceptors (Lipinski definition) is 7. The Morgan fingerprint density at radius 2 is 2.03 bits per heavy atom. The molecule has 3 amide bonds. The van der Waals surface area contributed by atoms with Gasteiger partial charge in [-0.05, 0) is 49.7 Å². The van der Waals surface area contributed by atoms with Gasteiger partial charge in [0.05, 0.1) is 35.5 Å². The van der Waals surface area contributed by atoms with E-state index in [4.69, 9.17) is 25.9 Å². The number of amides is 3. The molecular weight excluding hydrogens is 508 g/mol. The number of nitrogens with zero attached hydrogens (tertiary/aromatic N) is 5. The molecule has 2 aliphatic rings. The van der Waals surface area contributed by atoms with E-state index in [2.05, 4.69) is 16.5 Å². The van der Waals surface area contributed by atoms with E-state index < -0.39 is 12.1 Å². The van der Waals surface area contributed by atoms with Crippen molar-refractivity contribution in [3.05, 3.63) is 82.2 Å². The quantitative estimate of drug-likeness (QED) is 0.528. The van der Waals surface area contributed by atoms with Crippen molar-refractivity contribution < 1.29 is 18.8 Å². The number of aromatic nitrogens is 1. The number of halogens is 1. The fourth-order valence-electron chi connectivity index (χ4n) is 4.64. The smallest absolute Gasteiger partial charge is 0.326 e. The average Bonchev–Trinajstić information content (AvgIpc) is 3.57. The molecule has 0 bridgehead atoms. The first-order valence-electron chi connectivity index (χ1n) is 12.1. The molecule has 1 saturated heterocycles. The van der Waals surface area contributed by atoms with Gasteiger partial charge in [0.1, 0.15) is 30.4 Å². The van der Waals surface area contributed by atoms with Gasteiger partial charge in [0.25, 0.3) is 0 Å². The van der Waals surface area contributed by atoms with Crippen molar-refractivity contribution in [2.75, 3.05) is 19.6 Å². The highest BCUT2D eigenvalue weighted by Crippen LogP contribution is 2.45. The molecule has 194 valence electrons. The third-order valence-electron chi connectivity index (χ3n) is 6.30. The van der Waals surface area contributed by atoms with Gasteiger partial charge in [-0.15, -0.1) is 0 Å². The van der Waals surface area contributed by atoms with Crippen LogP contribution >= 0.6 is 11.6 Å². The SMILES string of the molecule is CC(C)Oc1cc(C#N)ccc1C1=NC(c2cnoc2)C(c2ccc(Cl)cc2)N1C(=O)N1CCNC(=O)C1. The van der Waals surface area contributed by atoms with Crippen LogP contribution in [0.3, 0.4) is 0 Å². The zero-order valence-electron chi connectivity index (χ0n) is 20.8. The number of amidine groups is 1. The summed E-state index contributed by atoms with van der Waals surface area (Å²) < 4.78 is 11.2. The molecule has 0 spiro atoms. The summed E-state index contributed by atoms with van der Waals surface area (Å²) in [4.78, 5) is 34.5. The monoisotopic (exact) mass is 532 g/mol. The van der Waals surface area contributed by atoms with E-state index >= 15 is 0 Å². The number of piperazine rings is 1. The minimum Gasteiger partial charge on any atom is -0.490 e. The minimum atomic E-state index is -0.596. The minimum absolute atomic E-state index is 0.0728. The summed E-state index contributed by atoms with van der Waals surface area (Å²) in [5.41, 5.74) is 2.42. The van der Waals surface area contributed by atoms with Crippen molar-refractivity contribution in [1.29, 1.82) is 5.26 Å². The molecule has 3 heterocycles. The number of carbonyl (C=O) groups is 2. The van der Waals surface area contributed by atoms with Gasteiger partial charge < -0.3 is 19.5 Å². The van der Waals surface area contributed by atoms with Crippen molar-refractivity contribution >= 4 is 29.4 Å². The second-order valence-electron chi connectivity index (χ2n) is 9.27. The second-order valence-corrected chi connectivity index (χ2v) is 9.70. The molecule has 1 aromatic heterocycles. The largest absolute Gasteiger partial charge is 0.490 e. The lowest BCUT2D eigenvalue weighted by Gasteiger charge is -2.35. The van der Waals surface area contributed by atoms with Gasteiger partial charge in [-0.2, -0.15) is 5.26 Å². The summed E-state index contributed by atoms with van der Waals surface area (Å²) in [6.45, 7) is 4.39. The number of nitrogens with one attached hydrogen (secondary N) is 1. The summed E-state index contributed by atoms with van der Waals surface area (Å²) in [6, 6.07) is 12.8. The summed E-state index contributed by atoms with van der Waals surface area (Å²) >= 11 is 6.18. The summed E-state index contributed by atoms with van der Waals surface area (Å²) in [5, 5.41) is 16.7. The van der Waals surface area contributed by atoms with E-state index in [1.807, 2.05) is 26.0 Å². The molecule has 2 unspecified atom stereocenters. The number of hydrogen-bond donors (Lipinski definition) is 1. The molecule has 2 aliphatic heterocycles. The molecular formula is C27H25ClN6O4. The molecule has 5 rings (SSSR count). The van der Waals surface area contributed by atoms with Crippen LogP contribution in [-0.4, -0.2) is 58.5 Å². The first-order chi connectivity index (χ1) is 18.4. The Morgan fingerprint density at radius 3 is 2.68 bits per heavy atom. The van der Waals surface area contributed by atoms with E-state index in [-0.39, 0.29) is 24.6 Å². The predicted molar refractivity (Wildman–Crippen MR) is 139 cm³/mol. The maximum Gasteiger partial charge on any atom is 0.326 e. The third-order valence-corrected chi connectivity index (χ3v) is 6.55. The molecule has 1 N–H and O–H groups in total. The molecule has 0 radical (unpaired) electrons. The average molecular weight is 533 g/mol. The Bertz CT molecular complexity index is 1410. The molecule has 10 nitrogen and oxygen atoms in total. The Labute approximate surface area is 224 Å². The maximum atomic E-state index is 14.2. The topological polar surface area (TPSA) is 124 Å². The van der Waals surface area contributed by atoms with E-state index in [0.29, 0.717) is 46.4 Å². The van der Waals surface area contributed by atoms with Gasteiger partial charge >= 0.3 is 6.03 Å². The second kappa shape index (κ2) is 10.6. The van der Waals surface area contributed by atoms with Gasteiger partial charge in [-0.25, -0.2) is 4.79 Å². The number of nitriles is 1. The highest BCUT2D eigenvalue weighted by atomic mass is 35.5. The van der Waals surface area contributed by atoms with Gasteiger partial charge in [0, 0.05) is 23.7 Å². The van der Waals surface area contributed by atoms with E-state index in [9.17, 15) is 14.9 Å². The van der Waals surface area contributed by atoms with Crippen LogP contribution in [0.1, 0.15) is 48.2 Å². The number of aliphatic imine (C=N–C) groups is 1. The Morgan fingerprint density at radius 1 is 1.24 bits per heavy atom. The van der Waals surface area contributed by atoms with Crippen molar-refractivity contribution in [3.8, 4) is 11.8 Å². The summed E-state index contributed by atoms with van der Waals surface area (Å²) in [5.74, 6) is 0.545. The molecule has 2 aromatic carbocycles. The van der Waals surface area contributed by atoms with E-state index in [1.54, 1.807) is 41.4 Å². The molecule has 0 saturated carbocycles. The highest BCUT2D eigenvalue weighted by Gasteiger charge is 2.45. The van der Waals surface area contributed by atoms with Crippen molar-refractivity contribution in [2.45, 2.75) is 32.0 Å². The lowest BCUT2D eigenvalue weighted by atomic mass is 9.95. The van der Waals surface area contributed by atoms with E-state index in [1.165, 1.54) is 11.2 Å². The van der Waals surface area contributed by atoms with Crippen LogP contribution in [-0.2, 0) is 4.79 Å². The molecule has 1 fully saturated rings. The molecule has 38 heavy (non-hydrogen) atoms. The van der Waals surface area contributed by atoms with Crippen LogP contribution in [0.5, 0.6) is 5.75 Å². The fraction of sp³-hybridized carbons (Fsp3) is 0.296. The third kappa shape index (κ3) is 4.93. The normalized spacial score (nSPS) is 19.2. The summed E-state index contributed by atoms with van der Waals surface area (Å²) in [6.07, 6.45) is 2.88. The lowest BCUT2D eigenvalue weighted by molar-refractivity contribution is -0.123. The highest BCUT2D eigenvalue weighted by molar-refractivity contribution is 6.30. The van der Waals surface area contributed by atoms with Gasteiger partial charge in [0.15, 0.2) is 0 Å². The van der Waals surface area contributed by atoms with Crippen LogP contribution in [0.4, 0.5) is 4.79 Å². The zero-order valence-corrected chi connectivity index (χ0v) is 21.6. The first-order valence-corrected chi connectivity index (χ1v) is 12.5. The van der Waals surface area contributed by atoms with Crippen molar-refractivity contribution in [3.63, 3.8) is 0 Å². The van der Waals surface area contributed by atoms with Crippen LogP contribution in [0, 0.1) is 11.3 Å². The maximum absolute atomic E-state index is 14.2. The van der Waals surface area contributed by atoms with Crippen LogP contribution in [0.2, 0.25) is 5.02 Å². The Kier molecular flexibility index (Phi) is 7.03. The number of carbonyl (C=O) groups excluding carboxylic acids is 2. The fourth-order valence-corrected chi connectivity index (χ4v) is 4.76. The van der Waals surface area contributed by atoms with Crippen LogP contribution in [0.25, 0.3) is 0 Å². The van der Waals surface area contributed by atoms with Gasteiger partial charge in [0.2, 0.25) is 5.91 Å².